The van der Waals surface area contributed by atoms with Gasteiger partial charge in [0.15, 0.2) is 16.2 Å². The molecular weight excluding hydrogens is 216 g/mol. The molecule has 0 saturated carbocycles. The number of oxazole rings is 1. The Bertz CT molecular complexity index is 399. The van der Waals surface area contributed by atoms with Crippen molar-refractivity contribution in [1.29, 1.82) is 0 Å². The molecule has 1 N–H and O–H groups in total. The minimum absolute atomic E-state index is 0.0499. The summed E-state index contributed by atoms with van der Waals surface area (Å²) >= 11 is 0. The van der Waals surface area contributed by atoms with Gasteiger partial charge in [0.25, 0.3) is 0 Å². The highest BCUT2D eigenvalue weighted by molar-refractivity contribution is 7.91. The van der Waals surface area contributed by atoms with Crippen LogP contribution in [0.1, 0.15) is 18.6 Å². The summed E-state index contributed by atoms with van der Waals surface area (Å²) in [4.78, 5) is 3.79. The highest BCUT2D eigenvalue weighted by Crippen LogP contribution is 2.12. The number of rotatable bonds is 3. The van der Waals surface area contributed by atoms with Crippen LogP contribution >= 0.6 is 0 Å². The molecule has 6 heteroatoms. The van der Waals surface area contributed by atoms with E-state index < -0.39 is 9.84 Å². The van der Waals surface area contributed by atoms with Gasteiger partial charge in [-0.25, -0.2) is 13.4 Å². The van der Waals surface area contributed by atoms with E-state index in [1.807, 2.05) is 0 Å². The summed E-state index contributed by atoms with van der Waals surface area (Å²) in [6.45, 7) is 0.542. The summed E-state index contributed by atoms with van der Waals surface area (Å²) in [6, 6.07) is 0.0499. The number of sulfone groups is 1. The molecule has 0 amide bonds. The SMILES string of the molecule is O=S1(=O)CCCC(NCc2cnco2)C1. The van der Waals surface area contributed by atoms with Crippen molar-refractivity contribution in [3.8, 4) is 0 Å². The molecule has 0 aliphatic carbocycles. The van der Waals surface area contributed by atoms with Gasteiger partial charge in [-0.15, -0.1) is 0 Å². The largest absolute Gasteiger partial charge is 0.447 e. The van der Waals surface area contributed by atoms with Crippen LogP contribution in [0, 0.1) is 0 Å². The molecule has 0 aromatic carbocycles. The molecule has 1 aromatic heterocycles. The van der Waals surface area contributed by atoms with Crippen LogP contribution in [0.15, 0.2) is 17.0 Å². The number of nitrogens with one attached hydrogen (secondary N) is 1. The molecule has 15 heavy (non-hydrogen) atoms. The Morgan fingerprint density at radius 3 is 3.13 bits per heavy atom. The zero-order valence-electron chi connectivity index (χ0n) is 8.35. The fourth-order valence-electron chi connectivity index (χ4n) is 1.76. The van der Waals surface area contributed by atoms with E-state index in [0.29, 0.717) is 12.3 Å². The van der Waals surface area contributed by atoms with Crippen LogP contribution in [0.4, 0.5) is 0 Å². The van der Waals surface area contributed by atoms with Gasteiger partial charge in [0.2, 0.25) is 0 Å². The maximum absolute atomic E-state index is 11.3. The summed E-state index contributed by atoms with van der Waals surface area (Å²) in [5.74, 6) is 1.30. The molecule has 1 unspecified atom stereocenters. The van der Waals surface area contributed by atoms with E-state index in [2.05, 4.69) is 10.3 Å². The number of nitrogens with zero attached hydrogens (tertiary/aromatic N) is 1. The van der Waals surface area contributed by atoms with Crippen LogP contribution < -0.4 is 5.32 Å². The van der Waals surface area contributed by atoms with Crippen LogP contribution in [-0.2, 0) is 16.4 Å². The monoisotopic (exact) mass is 230 g/mol. The zero-order chi connectivity index (χ0) is 10.7. The first-order valence-electron chi connectivity index (χ1n) is 4.97. The number of hydrogen-bond acceptors (Lipinski definition) is 5. The van der Waals surface area contributed by atoms with Crippen LogP contribution in [0.2, 0.25) is 0 Å². The lowest BCUT2D eigenvalue weighted by Crippen LogP contribution is -2.39. The molecular formula is C9H14N2O3S. The van der Waals surface area contributed by atoms with E-state index in [9.17, 15) is 8.42 Å². The lowest BCUT2D eigenvalue weighted by atomic mass is 10.2. The minimum Gasteiger partial charge on any atom is -0.447 e. The van der Waals surface area contributed by atoms with Crippen LogP contribution in [0.25, 0.3) is 0 Å². The Labute approximate surface area is 88.8 Å². The summed E-state index contributed by atoms with van der Waals surface area (Å²) in [5, 5.41) is 3.17. The van der Waals surface area contributed by atoms with Crippen molar-refractivity contribution < 1.29 is 12.8 Å². The Morgan fingerprint density at radius 2 is 2.47 bits per heavy atom. The second-order valence-corrected chi connectivity index (χ2v) is 6.03. The Kier molecular flexibility index (Phi) is 3.06. The van der Waals surface area contributed by atoms with E-state index in [4.69, 9.17) is 4.42 Å². The summed E-state index contributed by atoms with van der Waals surface area (Å²) in [5.41, 5.74) is 0. The molecule has 2 rings (SSSR count). The van der Waals surface area contributed by atoms with Gasteiger partial charge in [-0.3, -0.25) is 0 Å². The minimum atomic E-state index is -2.83. The molecule has 1 aliphatic rings. The lowest BCUT2D eigenvalue weighted by Gasteiger charge is -2.22. The maximum Gasteiger partial charge on any atom is 0.180 e. The molecule has 0 radical (unpaired) electrons. The van der Waals surface area contributed by atoms with Gasteiger partial charge in [0, 0.05) is 6.04 Å². The van der Waals surface area contributed by atoms with E-state index in [0.717, 1.165) is 18.6 Å². The first kappa shape index (κ1) is 10.6. The first-order chi connectivity index (χ1) is 7.16. The predicted molar refractivity (Wildman–Crippen MR) is 55.0 cm³/mol. The second-order valence-electron chi connectivity index (χ2n) is 3.80. The third-order valence-electron chi connectivity index (χ3n) is 2.51. The Morgan fingerprint density at radius 1 is 1.60 bits per heavy atom. The summed E-state index contributed by atoms with van der Waals surface area (Å²) in [7, 11) is -2.83. The van der Waals surface area contributed by atoms with Crippen molar-refractivity contribution in [3.05, 3.63) is 18.4 Å². The second kappa shape index (κ2) is 4.32. The fraction of sp³-hybridized carbons (Fsp3) is 0.667. The zero-order valence-corrected chi connectivity index (χ0v) is 9.16. The van der Waals surface area contributed by atoms with Crippen molar-refractivity contribution >= 4 is 9.84 Å². The average Bonchev–Trinajstić information content (AvgIpc) is 2.65. The van der Waals surface area contributed by atoms with Crippen molar-refractivity contribution in [2.45, 2.75) is 25.4 Å². The molecule has 0 spiro atoms. The molecule has 84 valence electrons. The molecule has 1 aromatic rings. The lowest BCUT2D eigenvalue weighted by molar-refractivity contribution is 0.431. The predicted octanol–water partition coefficient (Wildman–Crippen LogP) is 0.341. The highest BCUT2D eigenvalue weighted by atomic mass is 32.2. The Hall–Kier alpha value is -0.880. The first-order valence-corrected chi connectivity index (χ1v) is 6.79. The fourth-order valence-corrected chi connectivity index (χ4v) is 3.43. The topological polar surface area (TPSA) is 72.2 Å². The van der Waals surface area contributed by atoms with Crippen LogP contribution in [-0.4, -0.2) is 30.9 Å². The van der Waals surface area contributed by atoms with Gasteiger partial charge < -0.3 is 9.73 Å². The molecule has 1 atom stereocenters. The van der Waals surface area contributed by atoms with Gasteiger partial charge in [0.1, 0.15) is 5.76 Å². The van der Waals surface area contributed by atoms with Crippen molar-refractivity contribution in [2.24, 2.45) is 0 Å². The molecule has 1 aliphatic heterocycles. The Balaban J connectivity index is 1.85. The van der Waals surface area contributed by atoms with Gasteiger partial charge in [-0.2, -0.15) is 0 Å². The smallest absolute Gasteiger partial charge is 0.180 e. The summed E-state index contributed by atoms with van der Waals surface area (Å²) in [6.07, 6.45) is 4.66. The number of aromatic nitrogens is 1. The normalized spacial score (nSPS) is 25.2. The van der Waals surface area contributed by atoms with E-state index in [1.165, 1.54) is 6.39 Å². The van der Waals surface area contributed by atoms with E-state index >= 15 is 0 Å². The van der Waals surface area contributed by atoms with Crippen molar-refractivity contribution in [2.75, 3.05) is 11.5 Å². The van der Waals surface area contributed by atoms with Gasteiger partial charge >= 0.3 is 0 Å². The summed E-state index contributed by atoms with van der Waals surface area (Å²) < 4.78 is 27.7. The standard InChI is InChI=1S/C9H14N2O3S/c12-15(13)3-1-2-8(6-15)11-5-9-4-10-7-14-9/h4,7-8,11H,1-3,5-6H2. The van der Waals surface area contributed by atoms with Crippen molar-refractivity contribution in [1.82, 2.24) is 10.3 Å². The van der Waals surface area contributed by atoms with Gasteiger partial charge in [-0.05, 0) is 12.8 Å². The van der Waals surface area contributed by atoms with Crippen molar-refractivity contribution in [3.63, 3.8) is 0 Å². The third kappa shape index (κ3) is 3.04. The van der Waals surface area contributed by atoms with Crippen LogP contribution in [0.5, 0.6) is 0 Å². The van der Waals surface area contributed by atoms with Crippen LogP contribution in [0.3, 0.4) is 0 Å². The quantitative estimate of drug-likeness (QED) is 0.810. The molecule has 2 heterocycles. The average molecular weight is 230 g/mol. The molecule has 5 nitrogen and oxygen atoms in total. The molecule has 0 bridgehead atoms. The third-order valence-corrected chi connectivity index (χ3v) is 4.33. The maximum atomic E-state index is 11.3. The van der Waals surface area contributed by atoms with E-state index in [1.54, 1.807) is 6.20 Å². The van der Waals surface area contributed by atoms with E-state index in [-0.39, 0.29) is 11.8 Å². The molecule has 1 saturated heterocycles. The molecule has 1 fully saturated rings. The van der Waals surface area contributed by atoms with Gasteiger partial charge in [-0.1, -0.05) is 0 Å². The number of hydrogen-bond donors (Lipinski definition) is 1. The highest BCUT2D eigenvalue weighted by Gasteiger charge is 2.24. The van der Waals surface area contributed by atoms with Gasteiger partial charge in [0.05, 0.1) is 24.2 Å².